The molecule has 0 bridgehead atoms. The second kappa shape index (κ2) is 4.72. The fourth-order valence-electron chi connectivity index (χ4n) is 2.56. The van der Waals surface area contributed by atoms with Crippen LogP contribution in [0, 0.1) is 17.3 Å². The summed E-state index contributed by atoms with van der Waals surface area (Å²) in [6.45, 7) is 7.84. The van der Waals surface area contributed by atoms with E-state index in [1.807, 2.05) is 19.9 Å². The van der Waals surface area contributed by atoms with Gasteiger partial charge in [-0.1, -0.05) is 31.7 Å². The van der Waals surface area contributed by atoms with Gasteiger partial charge in [0.2, 0.25) is 5.12 Å². The highest BCUT2D eigenvalue weighted by Crippen LogP contribution is 2.60. The van der Waals surface area contributed by atoms with Gasteiger partial charge in [0.05, 0.1) is 12.0 Å². The minimum Gasteiger partial charge on any atom is -0.463 e. The van der Waals surface area contributed by atoms with Crippen molar-refractivity contribution in [1.29, 1.82) is 0 Å². The summed E-state index contributed by atoms with van der Waals surface area (Å²) in [5.74, 6) is 0.806. The Kier molecular flexibility index (Phi) is 3.58. The summed E-state index contributed by atoms with van der Waals surface area (Å²) in [5.41, 5.74) is 0.810. The Morgan fingerprint density at radius 3 is 2.67 bits per heavy atom. The van der Waals surface area contributed by atoms with Crippen LogP contribution in [0.15, 0.2) is 11.6 Å². The zero-order valence-corrected chi connectivity index (χ0v) is 12.2. The van der Waals surface area contributed by atoms with Gasteiger partial charge >= 0.3 is 5.97 Å². The number of hydrogen-bond acceptors (Lipinski definition) is 4. The number of allylic oxidation sites excluding steroid dienone is 1. The number of ether oxygens (including phenoxy) is 1. The fourth-order valence-corrected chi connectivity index (χ4v) is 3.42. The van der Waals surface area contributed by atoms with Crippen LogP contribution in [0.2, 0.25) is 0 Å². The lowest BCUT2D eigenvalue weighted by atomic mass is 10.1. The van der Waals surface area contributed by atoms with Gasteiger partial charge in [-0.3, -0.25) is 9.59 Å². The van der Waals surface area contributed by atoms with E-state index in [9.17, 15) is 9.59 Å². The SMILES string of the molecule is CC(C)OC(=O)[C@@H]1[C@H](/C=C2\CCSC2=O)C1(C)C. The second-order valence-corrected chi connectivity index (χ2v) is 6.96. The third kappa shape index (κ3) is 2.48. The van der Waals surface area contributed by atoms with Crippen molar-refractivity contribution in [1.82, 2.24) is 0 Å². The van der Waals surface area contributed by atoms with Crippen LogP contribution in [0.4, 0.5) is 0 Å². The summed E-state index contributed by atoms with van der Waals surface area (Å²) in [6.07, 6.45) is 2.77. The highest BCUT2D eigenvalue weighted by molar-refractivity contribution is 8.14. The largest absolute Gasteiger partial charge is 0.463 e. The molecule has 2 atom stereocenters. The molecule has 0 radical (unpaired) electrons. The van der Waals surface area contributed by atoms with E-state index in [0.717, 1.165) is 17.7 Å². The van der Waals surface area contributed by atoms with E-state index in [0.29, 0.717) is 0 Å². The molecule has 1 aliphatic heterocycles. The number of carbonyl (C=O) groups is 2. The Labute approximate surface area is 112 Å². The Balaban J connectivity index is 2.07. The molecule has 1 heterocycles. The fraction of sp³-hybridized carbons (Fsp3) is 0.714. The summed E-state index contributed by atoms with van der Waals surface area (Å²) in [4.78, 5) is 23.5. The summed E-state index contributed by atoms with van der Waals surface area (Å²) in [6, 6.07) is 0. The minimum atomic E-state index is -0.130. The molecular formula is C14H20O3S. The van der Waals surface area contributed by atoms with Crippen LogP contribution in [-0.4, -0.2) is 22.9 Å². The number of thioether (sulfide) groups is 1. The third-order valence-corrected chi connectivity index (χ3v) is 4.70. The highest BCUT2D eigenvalue weighted by Gasteiger charge is 2.61. The van der Waals surface area contributed by atoms with E-state index < -0.39 is 0 Å². The molecule has 3 nitrogen and oxygen atoms in total. The van der Waals surface area contributed by atoms with Gasteiger partial charge in [0, 0.05) is 11.3 Å². The molecule has 0 spiro atoms. The summed E-state index contributed by atoms with van der Waals surface area (Å²) in [7, 11) is 0. The van der Waals surface area contributed by atoms with Crippen molar-refractivity contribution in [2.45, 2.75) is 40.2 Å². The van der Waals surface area contributed by atoms with Crippen molar-refractivity contribution in [3.8, 4) is 0 Å². The standard InChI is InChI=1S/C14H20O3S/c1-8(2)17-12(15)11-10(14(11,3)4)7-9-5-6-18-13(9)16/h7-8,10-11H,5-6H2,1-4H3/b9-7+/t10-,11-/m0/s1. The topological polar surface area (TPSA) is 43.4 Å². The van der Waals surface area contributed by atoms with E-state index >= 15 is 0 Å². The molecular weight excluding hydrogens is 248 g/mol. The van der Waals surface area contributed by atoms with Crippen molar-refractivity contribution in [3.63, 3.8) is 0 Å². The monoisotopic (exact) mass is 268 g/mol. The average Bonchev–Trinajstić information content (AvgIpc) is 2.56. The van der Waals surface area contributed by atoms with Crippen molar-refractivity contribution in [3.05, 3.63) is 11.6 Å². The van der Waals surface area contributed by atoms with Crippen LogP contribution in [0.3, 0.4) is 0 Å². The maximum Gasteiger partial charge on any atom is 0.310 e. The van der Waals surface area contributed by atoms with E-state index in [-0.39, 0.29) is 34.4 Å². The van der Waals surface area contributed by atoms with Gasteiger partial charge in [-0.15, -0.1) is 0 Å². The normalized spacial score (nSPS) is 32.1. The van der Waals surface area contributed by atoms with Crippen LogP contribution in [0.5, 0.6) is 0 Å². The lowest BCUT2D eigenvalue weighted by molar-refractivity contribution is -0.150. The molecule has 18 heavy (non-hydrogen) atoms. The minimum absolute atomic E-state index is 0.0769. The van der Waals surface area contributed by atoms with Crippen molar-refractivity contribution in [2.75, 3.05) is 5.75 Å². The molecule has 0 aromatic heterocycles. The number of rotatable bonds is 3. The first-order valence-corrected chi connectivity index (χ1v) is 7.41. The summed E-state index contributed by atoms with van der Waals surface area (Å²) >= 11 is 1.37. The first-order valence-electron chi connectivity index (χ1n) is 6.42. The predicted octanol–water partition coefficient (Wildman–Crippen LogP) is 2.80. The van der Waals surface area contributed by atoms with Gasteiger partial charge in [-0.05, 0) is 31.6 Å². The highest BCUT2D eigenvalue weighted by atomic mass is 32.2. The molecule has 1 saturated heterocycles. The molecule has 1 saturated carbocycles. The van der Waals surface area contributed by atoms with Crippen LogP contribution >= 0.6 is 11.8 Å². The number of esters is 1. The van der Waals surface area contributed by atoms with Crippen molar-refractivity contribution in [2.24, 2.45) is 17.3 Å². The molecule has 100 valence electrons. The Morgan fingerprint density at radius 1 is 1.50 bits per heavy atom. The smallest absolute Gasteiger partial charge is 0.310 e. The molecule has 4 heteroatoms. The van der Waals surface area contributed by atoms with Crippen LogP contribution in [0.25, 0.3) is 0 Å². The Morgan fingerprint density at radius 2 is 2.17 bits per heavy atom. The second-order valence-electron chi connectivity index (χ2n) is 5.89. The zero-order chi connectivity index (χ0) is 13.5. The molecule has 2 aliphatic rings. The van der Waals surface area contributed by atoms with Crippen molar-refractivity contribution >= 4 is 22.8 Å². The lowest BCUT2D eigenvalue weighted by Crippen LogP contribution is -2.15. The van der Waals surface area contributed by atoms with Gasteiger partial charge in [0.15, 0.2) is 0 Å². The molecule has 0 aromatic rings. The van der Waals surface area contributed by atoms with E-state index in [1.165, 1.54) is 11.8 Å². The zero-order valence-electron chi connectivity index (χ0n) is 11.4. The van der Waals surface area contributed by atoms with Gasteiger partial charge in [-0.2, -0.15) is 0 Å². The van der Waals surface area contributed by atoms with E-state index in [2.05, 4.69) is 13.8 Å². The molecule has 2 fully saturated rings. The molecule has 0 amide bonds. The molecule has 0 aromatic carbocycles. The summed E-state index contributed by atoms with van der Waals surface area (Å²) in [5, 5.41) is 0.175. The van der Waals surface area contributed by atoms with E-state index in [1.54, 1.807) is 0 Å². The maximum atomic E-state index is 12.0. The lowest BCUT2D eigenvalue weighted by Gasteiger charge is -2.08. The molecule has 1 aliphatic carbocycles. The Bertz CT molecular complexity index is 409. The Hall–Kier alpha value is -0.770. The van der Waals surface area contributed by atoms with Crippen LogP contribution in [-0.2, 0) is 14.3 Å². The van der Waals surface area contributed by atoms with Crippen molar-refractivity contribution < 1.29 is 14.3 Å². The van der Waals surface area contributed by atoms with Crippen LogP contribution in [0.1, 0.15) is 34.1 Å². The third-order valence-electron chi connectivity index (χ3n) is 3.76. The first kappa shape index (κ1) is 13.7. The van der Waals surface area contributed by atoms with Gasteiger partial charge in [-0.25, -0.2) is 0 Å². The summed E-state index contributed by atoms with van der Waals surface area (Å²) < 4.78 is 5.27. The predicted molar refractivity (Wildman–Crippen MR) is 72.2 cm³/mol. The maximum absolute atomic E-state index is 12.0. The molecule has 2 rings (SSSR count). The number of carbonyl (C=O) groups excluding carboxylic acids is 2. The first-order chi connectivity index (χ1) is 8.34. The van der Waals surface area contributed by atoms with Gasteiger partial charge in [0.25, 0.3) is 0 Å². The average molecular weight is 268 g/mol. The molecule has 0 N–H and O–H groups in total. The number of hydrogen-bond donors (Lipinski definition) is 0. The van der Waals surface area contributed by atoms with Crippen LogP contribution < -0.4 is 0 Å². The molecule has 0 unspecified atom stereocenters. The van der Waals surface area contributed by atoms with E-state index in [4.69, 9.17) is 4.74 Å². The van der Waals surface area contributed by atoms with Gasteiger partial charge < -0.3 is 4.74 Å². The van der Waals surface area contributed by atoms with Gasteiger partial charge in [0.1, 0.15) is 0 Å². The quantitative estimate of drug-likeness (QED) is 0.583.